The average Bonchev–Trinajstić information content (AvgIpc) is 2.38. The van der Waals surface area contributed by atoms with Crippen LogP contribution in [0.5, 0.6) is 0 Å². The Morgan fingerprint density at radius 1 is 1.18 bits per heavy atom. The lowest BCUT2D eigenvalue weighted by Crippen LogP contribution is -2.10. The predicted octanol–water partition coefficient (Wildman–Crippen LogP) is 2.70. The van der Waals surface area contributed by atoms with Crippen LogP contribution in [-0.2, 0) is 0 Å². The van der Waals surface area contributed by atoms with E-state index in [1.165, 1.54) is 31.4 Å². The molecule has 0 unspecified atom stereocenters. The van der Waals surface area contributed by atoms with Crippen molar-refractivity contribution in [2.24, 2.45) is 5.84 Å². The van der Waals surface area contributed by atoms with Crippen LogP contribution in [0, 0.1) is 0 Å². The van der Waals surface area contributed by atoms with Crippen molar-refractivity contribution in [3.8, 4) is 0 Å². The van der Waals surface area contributed by atoms with Crippen molar-refractivity contribution >= 4 is 23.4 Å². The number of nitrogens with one attached hydrogen (secondary N) is 2. The Morgan fingerprint density at radius 2 is 1.94 bits per heavy atom. The summed E-state index contributed by atoms with van der Waals surface area (Å²) in [5, 5.41) is 3.30. The number of anilines is 2. The van der Waals surface area contributed by atoms with Crippen LogP contribution in [0.1, 0.15) is 25.7 Å². The first kappa shape index (κ1) is 14.1. The van der Waals surface area contributed by atoms with E-state index in [1.807, 2.05) is 30.0 Å². The molecule has 0 aromatic carbocycles. The number of hydrogen-bond acceptors (Lipinski definition) is 5. The summed E-state index contributed by atoms with van der Waals surface area (Å²) >= 11 is 1.92. The number of thioether (sulfide) groups is 1. The van der Waals surface area contributed by atoms with Gasteiger partial charge in [-0.1, -0.05) is 18.9 Å². The number of hydrogen-bond donors (Lipinski definition) is 3. The number of nitrogens with two attached hydrogens (primary N) is 1. The van der Waals surface area contributed by atoms with Crippen LogP contribution in [0.4, 0.5) is 11.6 Å². The van der Waals surface area contributed by atoms with Gasteiger partial charge in [-0.25, -0.2) is 10.8 Å². The van der Waals surface area contributed by atoms with Crippen molar-refractivity contribution in [2.75, 3.05) is 29.3 Å². The number of aromatic nitrogens is 1. The maximum absolute atomic E-state index is 5.30. The molecule has 0 fully saturated rings. The van der Waals surface area contributed by atoms with Crippen LogP contribution in [-0.4, -0.2) is 23.5 Å². The molecule has 1 aromatic heterocycles. The first-order valence-electron chi connectivity index (χ1n) is 6.03. The SMILES string of the molecule is CSCCCCCCNc1cccc(NN)n1. The smallest absolute Gasteiger partial charge is 0.142 e. The number of rotatable bonds is 9. The van der Waals surface area contributed by atoms with E-state index in [0.717, 1.165) is 12.4 Å². The van der Waals surface area contributed by atoms with Gasteiger partial charge in [0.25, 0.3) is 0 Å². The molecule has 0 aliphatic carbocycles. The van der Waals surface area contributed by atoms with Crippen LogP contribution in [0.3, 0.4) is 0 Å². The monoisotopic (exact) mass is 254 g/mol. The van der Waals surface area contributed by atoms with E-state index < -0.39 is 0 Å². The lowest BCUT2D eigenvalue weighted by molar-refractivity contribution is 0.688. The van der Waals surface area contributed by atoms with Crippen molar-refractivity contribution in [1.29, 1.82) is 0 Å². The van der Waals surface area contributed by atoms with E-state index in [-0.39, 0.29) is 0 Å². The molecule has 17 heavy (non-hydrogen) atoms. The zero-order valence-electron chi connectivity index (χ0n) is 10.4. The molecule has 1 rings (SSSR count). The fourth-order valence-electron chi connectivity index (χ4n) is 1.55. The molecule has 0 saturated heterocycles. The first-order valence-corrected chi connectivity index (χ1v) is 7.42. The van der Waals surface area contributed by atoms with E-state index in [4.69, 9.17) is 5.84 Å². The molecule has 1 heterocycles. The molecule has 0 radical (unpaired) electrons. The molecule has 0 spiro atoms. The minimum absolute atomic E-state index is 0.690. The zero-order chi connectivity index (χ0) is 12.3. The molecule has 1 aromatic rings. The molecule has 5 heteroatoms. The Labute approximate surface area is 108 Å². The van der Waals surface area contributed by atoms with Gasteiger partial charge in [0, 0.05) is 6.54 Å². The van der Waals surface area contributed by atoms with Gasteiger partial charge in [-0.05, 0) is 37.0 Å². The molecule has 0 atom stereocenters. The Balaban J connectivity index is 2.09. The molecule has 96 valence electrons. The molecule has 0 amide bonds. The van der Waals surface area contributed by atoms with E-state index in [2.05, 4.69) is 22.0 Å². The van der Waals surface area contributed by atoms with Crippen LogP contribution in [0.15, 0.2) is 18.2 Å². The maximum atomic E-state index is 5.30. The van der Waals surface area contributed by atoms with Gasteiger partial charge < -0.3 is 10.7 Å². The fourth-order valence-corrected chi connectivity index (χ4v) is 2.05. The third-order valence-electron chi connectivity index (χ3n) is 2.48. The predicted molar refractivity (Wildman–Crippen MR) is 77.4 cm³/mol. The topological polar surface area (TPSA) is 63.0 Å². The molecule has 0 aliphatic heterocycles. The summed E-state index contributed by atoms with van der Waals surface area (Å²) in [4.78, 5) is 4.29. The summed E-state index contributed by atoms with van der Waals surface area (Å²) in [6.45, 7) is 0.973. The normalized spacial score (nSPS) is 10.2. The average molecular weight is 254 g/mol. The molecule has 0 bridgehead atoms. The van der Waals surface area contributed by atoms with Gasteiger partial charge in [-0.2, -0.15) is 11.8 Å². The summed E-state index contributed by atoms with van der Waals surface area (Å²) in [5.74, 6) is 8.15. The molecular weight excluding hydrogens is 232 g/mol. The van der Waals surface area contributed by atoms with E-state index in [1.54, 1.807) is 0 Å². The fraction of sp³-hybridized carbons (Fsp3) is 0.583. The number of hydrazine groups is 1. The lowest BCUT2D eigenvalue weighted by atomic mass is 10.2. The molecule has 4 nitrogen and oxygen atoms in total. The Bertz CT molecular complexity index is 306. The number of nitrogens with zero attached hydrogens (tertiary/aromatic N) is 1. The van der Waals surface area contributed by atoms with Crippen molar-refractivity contribution < 1.29 is 0 Å². The van der Waals surface area contributed by atoms with Crippen molar-refractivity contribution in [3.63, 3.8) is 0 Å². The summed E-state index contributed by atoms with van der Waals surface area (Å²) < 4.78 is 0. The highest BCUT2D eigenvalue weighted by Crippen LogP contribution is 2.09. The van der Waals surface area contributed by atoms with Gasteiger partial charge in [0.1, 0.15) is 11.6 Å². The van der Waals surface area contributed by atoms with Crippen LogP contribution >= 0.6 is 11.8 Å². The van der Waals surface area contributed by atoms with E-state index in [0.29, 0.717) is 5.82 Å². The van der Waals surface area contributed by atoms with Crippen molar-refractivity contribution in [3.05, 3.63) is 18.2 Å². The maximum Gasteiger partial charge on any atom is 0.142 e. The van der Waals surface area contributed by atoms with Crippen LogP contribution < -0.4 is 16.6 Å². The first-order chi connectivity index (χ1) is 8.36. The Hall–Kier alpha value is -0.940. The number of pyridine rings is 1. The number of nitrogen functional groups attached to an aromatic ring is 1. The third-order valence-corrected chi connectivity index (χ3v) is 3.18. The highest BCUT2D eigenvalue weighted by atomic mass is 32.2. The standard InChI is InChI=1S/C12H22N4S/c1-17-10-5-3-2-4-9-14-11-7-6-8-12(15-11)16-13/h6-8H,2-5,9-10,13H2,1H3,(H2,14,15,16). The second-order valence-electron chi connectivity index (χ2n) is 3.89. The zero-order valence-corrected chi connectivity index (χ0v) is 11.2. The van der Waals surface area contributed by atoms with Crippen LogP contribution in [0.2, 0.25) is 0 Å². The summed E-state index contributed by atoms with van der Waals surface area (Å²) in [6.07, 6.45) is 7.27. The quantitative estimate of drug-likeness (QED) is 0.359. The lowest BCUT2D eigenvalue weighted by Gasteiger charge is -2.06. The van der Waals surface area contributed by atoms with Gasteiger partial charge >= 0.3 is 0 Å². The van der Waals surface area contributed by atoms with Gasteiger partial charge in [-0.3, -0.25) is 0 Å². The third kappa shape index (κ3) is 6.38. The molecule has 4 N–H and O–H groups in total. The second-order valence-corrected chi connectivity index (χ2v) is 4.87. The minimum atomic E-state index is 0.690. The van der Waals surface area contributed by atoms with Gasteiger partial charge in [-0.15, -0.1) is 0 Å². The summed E-state index contributed by atoms with van der Waals surface area (Å²) in [7, 11) is 0. The minimum Gasteiger partial charge on any atom is -0.370 e. The van der Waals surface area contributed by atoms with Crippen molar-refractivity contribution in [1.82, 2.24) is 4.98 Å². The molecular formula is C12H22N4S. The number of unbranched alkanes of at least 4 members (excludes halogenated alkanes) is 3. The Kier molecular flexibility index (Phi) is 7.58. The highest BCUT2D eigenvalue weighted by Gasteiger charge is 1.95. The van der Waals surface area contributed by atoms with E-state index in [9.17, 15) is 0 Å². The Morgan fingerprint density at radius 3 is 2.71 bits per heavy atom. The van der Waals surface area contributed by atoms with Crippen molar-refractivity contribution in [2.45, 2.75) is 25.7 Å². The van der Waals surface area contributed by atoms with Gasteiger partial charge in [0.15, 0.2) is 0 Å². The second kappa shape index (κ2) is 9.13. The van der Waals surface area contributed by atoms with E-state index >= 15 is 0 Å². The van der Waals surface area contributed by atoms with Gasteiger partial charge in [0.2, 0.25) is 0 Å². The highest BCUT2D eigenvalue weighted by molar-refractivity contribution is 7.98. The summed E-state index contributed by atoms with van der Waals surface area (Å²) in [6, 6.07) is 5.73. The van der Waals surface area contributed by atoms with Gasteiger partial charge in [0.05, 0.1) is 0 Å². The summed E-state index contributed by atoms with van der Waals surface area (Å²) in [5.41, 5.74) is 2.54. The molecule has 0 saturated carbocycles. The van der Waals surface area contributed by atoms with Crippen LogP contribution in [0.25, 0.3) is 0 Å². The molecule has 0 aliphatic rings. The largest absolute Gasteiger partial charge is 0.370 e.